The van der Waals surface area contributed by atoms with Gasteiger partial charge in [-0.25, -0.2) is 4.98 Å². The zero-order valence-electron chi connectivity index (χ0n) is 15.4. The Morgan fingerprint density at radius 3 is 2.59 bits per heavy atom. The number of anilines is 1. The molecule has 1 aromatic heterocycles. The van der Waals surface area contributed by atoms with Gasteiger partial charge in [0.1, 0.15) is 5.82 Å². The number of hydrogen-bond donors (Lipinski definition) is 1. The molecule has 2 saturated heterocycles. The minimum atomic E-state index is -0.0477. The number of carbonyl (C=O) groups excluding carboxylic acids is 1. The molecular weight excluding hydrogens is 358 g/mol. The first-order chi connectivity index (χ1) is 13.3. The van der Waals surface area contributed by atoms with E-state index in [1.165, 1.54) is 11.5 Å². The van der Waals surface area contributed by atoms with Crippen molar-refractivity contribution in [2.24, 2.45) is 0 Å². The maximum atomic E-state index is 12.3. The molecule has 1 aromatic carbocycles. The van der Waals surface area contributed by atoms with Crippen molar-refractivity contribution in [1.82, 2.24) is 10.3 Å². The number of rotatable bonds is 5. The molecule has 2 aromatic rings. The molecular formula is C21H25N3O2S. The first-order valence-electron chi connectivity index (χ1n) is 9.58. The van der Waals surface area contributed by atoms with Gasteiger partial charge in [0.2, 0.25) is 0 Å². The summed E-state index contributed by atoms with van der Waals surface area (Å²) in [6.45, 7) is 3.51. The van der Waals surface area contributed by atoms with Gasteiger partial charge in [-0.3, -0.25) is 4.79 Å². The van der Waals surface area contributed by atoms with E-state index in [9.17, 15) is 4.79 Å². The lowest BCUT2D eigenvalue weighted by molar-refractivity contribution is 0.0858. The SMILES string of the molecule is O=C(NC[C@@H]1CCCO1)c1ccc(-c2ccc(N3CCSCC3)nc2)cc1. The van der Waals surface area contributed by atoms with Gasteiger partial charge >= 0.3 is 0 Å². The fraction of sp³-hybridized carbons (Fsp3) is 0.429. The second-order valence-electron chi connectivity index (χ2n) is 6.93. The number of aromatic nitrogens is 1. The first kappa shape index (κ1) is 18.3. The Morgan fingerprint density at radius 1 is 1.15 bits per heavy atom. The van der Waals surface area contributed by atoms with Crippen LogP contribution in [0, 0.1) is 0 Å². The Kier molecular flexibility index (Phi) is 5.94. The quantitative estimate of drug-likeness (QED) is 0.859. The number of pyridine rings is 1. The van der Waals surface area contributed by atoms with Crippen LogP contribution < -0.4 is 10.2 Å². The van der Waals surface area contributed by atoms with Crippen LogP contribution in [0.5, 0.6) is 0 Å². The van der Waals surface area contributed by atoms with Crippen LogP contribution >= 0.6 is 11.8 Å². The molecule has 0 aliphatic carbocycles. The van der Waals surface area contributed by atoms with E-state index in [1.54, 1.807) is 0 Å². The first-order valence-corrected chi connectivity index (χ1v) is 10.7. The maximum absolute atomic E-state index is 12.3. The number of ether oxygens (including phenoxy) is 1. The zero-order chi connectivity index (χ0) is 18.5. The average molecular weight is 384 g/mol. The number of nitrogens with zero attached hydrogens (tertiary/aromatic N) is 2. The third kappa shape index (κ3) is 4.62. The predicted octanol–water partition coefficient (Wildman–Crippen LogP) is 3.21. The van der Waals surface area contributed by atoms with Crippen LogP contribution in [0.4, 0.5) is 5.82 Å². The Labute approximate surface area is 164 Å². The predicted molar refractivity (Wildman–Crippen MR) is 111 cm³/mol. The monoisotopic (exact) mass is 383 g/mol. The molecule has 1 atom stereocenters. The molecule has 2 aliphatic rings. The average Bonchev–Trinajstić information content (AvgIpc) is 3.27. The summed E-state index contributed by atoms with van der Waals surface area (Å²) in [5.74, 6) is 3.33. The molecule has 0 unspecified atom stereocenters. The van der Waals surface area contributed by atoms with Crippen molar-refractivity contribution >= 4 is 23.5 Å². The summed E-state index contributed by atoms with van der Waals surface area (Å²) in [5.41, 5.74) is 2.81. The van der Waals surface area contributed by atoms with Crippen molar-refractivity contribution in [2.75, 3.05) is 42.6 Å². The third-order valence-corrected chi connectivity index (χ3v) is 6.02. The molecule has 1 N–H and O–H groups in total. The summed E-state index contributed by atoms with van der Waals surface area (Å²) in [5, 5.41) is 2.96. The third-order valence-electron chi connectivity index (χ3n) is 5.08. The summed E-state index contributed by atoms with van der Waals surface area (Å²) >= 11 is 2.00. The van der Waals surface area contributed by atoms with Gasteiger partial charge in [0, 0.05) is 55.1 Å². The lowest BCUT2D eigenvalue weighted by atomic mass is 10.1. The van der Waals surface area contributed by atoms with Crippen molar-refractivity contribution in [3.8, 4) is 11.1 Å². The highest BCUT2D eigenvalue weighted by Crippen LogP contribution is 2.23. The highest BCUT2D eigenvalue weighted by molar-refractivity contribution is 7.99. The smallest absolute Gasteiger partial charge is 0.251 e. The zero-order valence-corrected chi connectivity index (χ0v) is 16.2. The van der Waals surface area contributed by atoms with Crippen molar-refractivity contribution in [3.63, 3.8) is 0 Å². The van der Waals surface area contributed by atoms with Crippen LogP contribution in [0.3, 0.4) is 0 Å². The van der Waals surface area contributed by atoms with Crippen LogP contribution in [0.1, 0.15) is 23.2 Å². The molecule has 5 nitrogen and oxygen atoms in total. The van der Waals surface area contributed by atoms with Crippen molar-refractivity contribution < 1.29 is 9.53 Å². The minimum Gasteiger partial charge on any atom is -0.376 e. The minimum absolute atomic E-state index is 0.0477. The molecule has 142 valence electrons. The van der Waals surface area contributed by atoms with Crippen molar-refractivity contribution in [2.45, 2.75) is 18.9 Å². The molecule has 27 heavy (non-hydrogen) atoms. The molecule has 6 heteroatoms. The summed E-state index contributed by atoms with van der Waals surface area (Å²) in [6, 6.07) is 11.9. The number of benzene rings is 1. The second-order valence-corrected chi connectivity index (χ2v) is 8.15. The van der Waals surface area contributed by atoms with E-state index in [0.29, 0.717) is 12.1 Å². The molecule has 2 fully saturated rings. The van der Waals surface area contributed by atoms with Crippen molar-refractivity contribution in [1.29, 1.82) is 0 Å². The highest BCUT2D eigenvalue weighted by Gasteiger charge is 2.17. The normalized spacial score (nSPS) is 19.9. The van der Waals surface area contributed by atoms with E-state index < -0.39 is 0 Å². The van der Waals surface area contributed by atoms with Crippen LogP contribution in [-0.2, 0) is 4.74 Å². The van der Waals surface area contributed by atoms with Gasteiger partial charge in [0.05, 0.1) is 6.10 Å². The fourth-order valence-corrected chi connectivity index (χ4v) is 4.37. The summed E-state index contributed by atoms with van der Waals surface area (Å²) in [4.78, 5) is 19.3. The van der Waals surface area contributed by atoms with E-state index in [4.69, 9.17) is 4.74 Å². The molecule has 2 aliphatic heterocycles. The van der Waals surface area contributed by atoms with Gasteiger partial charge in [-0.1, -0.05) is 12.1 Å². The van der Waals surface area contributed by atoms with Gasteiger partial charge < -0.3 is 15.0 Å². The van der Waals surface area contributed by atoms with E-state index >= 15 is 0 Å². The van der Waals surface area contributed by atoms with Gasteiger partial charge in [-0.2, -0.15) is 11.8 Å². The summed E-state index contributed by atoms with van der Waals surface area (Å²) < 4.78 is 5.54. The van der Waals surface area contributed by atoms with E-state index in [0.717, 1.165) is 49.5 Å². The summed E-state index contributed by atoms with van der Waals surface area (Å²) in [6.07, 6.45) is 4.19. The molecule has 0 radical (unpaired) electrons. The number of hydrogen-bond acceptors (Lipinski definition) is 5. The van der Waals surface area contributed by atoms with Gasteiger partial charge in [0.15, 0.2) is 0 Å². The number of nitrogens with one attached hydrogen (secondary N) is 1. The van der Waals surface area contributed by atoms with Crippen LogP contribution in [0.2, 0.25) is 0 Å². The Morgan fingerprint density at radius 2 is 1.93 bits per heavy atom. The largest absolute Gasteiger partial charge is 0.376 e. The highest BCUT2D eigenvalue weighted by atomic mass is 32.2. The maximum Gasteiger partial charge on any atom is 0.251 e. The van der Waals surface area contributed by atoms with Crippen LogP contribution in [-0.4, -0.2) is 54.7 Å². The fourth-order valence-electron chi connectivity index (χ4n) is 3.46. The molecule has 1 amide bonds. The second kappa shape index (κ2) is 8.76. The Bertz CT molecular complexity index is 752. The molecule has 4 rings (SSSR count). The standard InChI is InChI=1S/C21H25N3O2S/c25-21(23-15-19-2-1-11-26-19)17-5-3-16(4-6-17)18-7-8-20(22-14-18)24-9-12-27-13-10-24/h3-8,14,19H,1-2,9-13,15H2,(H,23,25)/t19-/m0/s1. The van der Waals surface area contributed by atoms with E-state index in [2.05, 4.69) is 27.3 Å². The van der Waals surface area contributed by atoms with Gasteiger partial charge in [0.25, 0.3) is 5.91 Å². The van der Waals surface area contributed by atoms with Crippen LogP contribution in [0.15, 0.2) is 42.6 Å². The molecule has 3 heterocycles. The number of thioether (sulfide) groups is 1. The number of amides is 1. The lowest BCUT2D eigenvalue weighted by Crippen LogP contribution is -2.32. The molecule has 0 bridgehead atoms. The van der Waals surface area contributed by atoms with E-state index in [1.807, 2.05) is 42.2 Å². The summed E-state index contributed by atoms with van der Waals surface area (Å²) in [7, 11) is 0. The Hall–Kier alpha value is -2.05. The van der Waals surface area contributed by atoms with Crippen molar-refractivity contribution in [3.05, 3.63) is 48.2 Å². The van der Waals surface area contributed by atoms with Crippen LogP contribution in [0.25, 0.3) is 11.1 Å². The molecule has 0 saturated carbocycles. The van der Waals surface area contributed by atoms with Gasteiger partial charge in [-0.15, -0.1) is 0 Å². The Balaban J connectivity index is 1.37. The van der Waals surface area contributed by atoms with E-state index in [-0.39, 0.29) is 12.0 Å². The lowest BCUT2D eigenvalue weighted by Gasteiger charge is -2.27. The van der Waals surface area contributed by atoms with Gasteiger partial charge in [-0.05, 0) is 42.7 Å². The molecule has 0 spiro atoms. The number of carbonyl (C=O) groups is 1. The topological polar surface area (TPSA) is 54.5 Å².